The first kappa shape index (κ1) is 38.8. The van der Waals surface area contributed by atoms with Crippen LogP contribution in [0.25, 0.3) is 33.4 Å². The maximum Gasteiger partial charge on any atom is 0.0727 e. The lowest BCUT2D eigenvalue weighted by atomic mass is 9.70. The highest BCUT2D eigenvalue weighted by Gasteiger charge is 2.52. The van der Waals surface area contributed by atoms with Gasteiger partial charge in [-0.25, -0.2) is 0 Å². The summed E-state index contributed by atoms with van der Waals surface area (Å²) < 4.78 is 0. The number of hydrogen-bond acceptors (Lipinski definition) is 2. The van der Waals surface area contributed by atoms with Crippen LogP contribution >= 0.6 is 0 Å². The molecule has 5 aliphatic rings. The number of benzene rings is 9. The quantitative estimate of drug-likeness (QED) is 0.158. The van der Waals surface area contributed by atoms with Crippen molar-refractivity contribution in [3.8, 4) is 33.4 Å². The largest absolute Gasteiger partial charge is 0.310 e. The molecule has 5 aliphatic carbocycles. The zero-order chi connectivity index (χ0) is 44.4. The minimum atomic E-state index is -0.541. The molecule has 1 spiro atoms. The lowest BCUT2D eigenvalue weighted by Gasteiger charge is -2.33. The van der Waals surface area contributed by atoms with Crippen LogP contribution in [0.2, 0.25) is 0 Å². The van der Waals surface area contributed by atoms with Crippen molar-refractivity contribution in [2.45, 2.75) is 56.3 Å². The van der Waals surface area contributed by atoms with Crippen molar-refractivity contribution in [2.75, 3.05) is 9.80 Å². The summed E-state index contributed by atoms with van der Waals surface area (Å²) >= 11 is 0. The van der Waals surface area contributed by atoms with E-state index in [1.165, 1.54) is 115 Å². The van der Waals surface area contributed by atoms with Crippen LogP contribution in [0.3, 0.4) is 0 Å². The standard InChI is InChI=1S/C65H52N2/c1-64(2)58-25-12-9-22-51(58)54-33-30-48(39-61(54)64)67(46-19-7-4-8-20-46)50-32-35-56-53-24-11-14-27-60(53)65(63(56)41-50)59-26-13-10-23-52(59)55-34-31-49(40-62(55)65)66(45-17-5-3-6-18-45)47-21-15-16-43(38-47)57-37-42-28-29-44(57)36-42/h3-27,30-35,38-42,44,57H,28-29,36-37H2,1-2H3. The minimum absolute atomic E-state index is 0.117. The van der Waals surface area contributed by atoms with Gasteiger partial charge < -0.3 is 9.80 Å². The van der Waals surface area contributed by atoms with Gasteiger partial charge in [0.25, 0.3) is 0 Å². The Morgan fingerprint density at radius 1 is 0.343 bits per heavy atom. The third kappa shape index (κ3) is 5.56. The van der Waals surface area contributed by atoms with Gasteiger partial charge in [-0.3, -0.25) is 0 Å². The fourth-order valence-corrected chi connectivity index (χ4v) is 13.8. The van der Waals surface area contributed by atoms with Crippen molar-refractivity contribution in [1.29, 1.82) is 0 Å². The van der Waals surface area contributed by atoms with Crippen molar-refractivity contribution in [1.82, 2.24) is 0 Å². The van der Waals surface area contributed by atoms with Gasteiger partial charge >= 0.3 is 0 Å². The molecular formula is C65H52N2. The van der Waals surface area contributed by atoms with Crippen LogP contribution in [0, 0.1) is 11.8 Å². The van der Waals surface area contributed by atoms with E-state index in [-0.39, 0.29) is 5.41 Å². The Bertz CT molecular complexity index is 3420. The van der Waals surface area contributed by atoms with Gasteiger partial charge in [0.05, 0.1) is 5.41 Å². The molecule has 2 heteroatoms. The van der Waals surface area contributed by atoms with Crippen molar-refractivity contribution in [3.05, 3.63) is 251 Å². The molecule has 2 saturated carbocycles. The normalized spacial score (nSPS) is 20.5. The van der Waals surface area contributed by atoms with Crippen molar-refractivity contribution in [2.24, 2.45) is 11.8 Å². The molecule has 0 amide bonds. The zero-order valence-electron chi connectivity index (χ0n) is 38.2. The van der Waals surface area contributed by atoms with Gasteiger partial charge in [-0.05, 0) is 182 Å². The fourth-order valence-electron chi connectivity index (χ4n) is 13.8. The highest BCUT2D eigenvalue weighted by Crippen LogP contribution is 2.64. The smallest absolute Gasteiger partial charge is 0.0727 e. The Labute approximate surface area is 394 Å². The average molecular weight is 861 g/mol. The summed E-state index contributed by atoms with van der Waals surface area (Å²) in [5.41, 5.74) is 23.9. The van der Waals surface area contributed by atoms with Gasteiger partial charge in [0.1, 0.15) is 0 Å². The van der Waals surface area contributed by atoms with E-state index in [9.17, 15) is 0 Å². The Kier molecular flexibility index (Phi) is 8.42. The van der Waals surface area contributed by atoms with Crippen LogP contribution in [0.1, 0.15) is 84.4 Å². The van der Waals surface area contributed by atoms with Crippen LogP contribution in [-0.4, -0.2) is 0 Å². The SMILES string of the molecule is CC1(C)c2ccccc2-c2ccc(N(c3ccccc3)c3ccc4c(c3)C3(c5ccccc5-c5ccc(N(c6ccccc6)c6cccc(C7CC8CCC7C8)c6)cc53)c3ccccc3-4)cc21. The summed E-state index contributed by atoms with van der Waals surface area (Å²) in [6.45, 7) is 4.75. The van der Waals surface area contributed by atoms with E-state index < -0.39 is 5.41 Å². The fraction of sp³-hybridized carbons (Fsp3) is 0.169. The van der Waals surface area contributed by atoms with Gasteiger partial charge in [0.2, 0.25) is 0 Å². The summed E-state index contributed by atoms with van der Waals surface area (Å²) in [7, 11) is 0. The van der Waals surface area contributed by atoms with Crippen LogP contribution in [0.15, 0.2) is 212 Å². The monoisotopic (exact) mass is 860 g/mol. The first-order chi connectivity index (χ1) is 33.0. The summed E-state index contributed by atoms with van der Waals surface area (Å²) in [5, 5.41) is 0. The van der Waals surface area contributed by atoms with Gasteiger partial charge in [-0.1, -0.05) is 160 Å². The minimum Gasteiger partial charge on any atom is -0.310 e. The predicted octanol–water partition coefficient (Wildman–Crippen LogP) is 17.2. The van der Waals surface area contributed by atoms with E-state index in [0.717, 1.165) is 28.9 Å². The number of hydrogen-bond donors (Lipinski definition) is 0. The molecule has 2 fully saturated rings. The highest BCUT2D eigenvalue weighted by atomic mass is 15.1. The maximum atomic E-state index is 2.54. The second kappa shape index (κ2) is 14.5. The van der Waals surface area contributed by atoms with Gasteiger partial charge in [0, 0.05) is 39.5 Å². The number of fused-ring (bicyclic) bond motifs is 15. The Morgan fingerprint density at radius 3 is 1.30 bits per heavy atom. The van der Waals surface area contributed by atoms with Gasteiger partial charge in [-0.15, -0.1) is 0 Å². The van der Waals surface area contributed by atoms with Gasteiger partial charge in [-0.2, -0.15) is 0 Å². The molecule has 0 aromatic heterocycles. The lowest BCUT2D eigenvalue weighted by molar-refractivity contribution is 0.420. The number of rotatable bonds is 7. The van der Waals surface area contributed by atoms with E-state index in [1.54, 1.807) is 0 Å². The van der Waals surface area contributed by atoms with E-state index in [4.69, 9.17) is 0 Å². The highest BCUT2D eigenvalue weighted by molar-refractivity contribution is 5.98. The van der Waals surface area contributed by atoms with E-state index in [2.05, 4.69) is 236 Å². The average Bonchev–Trinajstić information content (AvgIpc) is 4.19. The molecule has 0 aliphatic heterocycles. The topological polar surface area (TPSA) is 6.48 Å². The summed E-state index contributed by atoms with van der Waals surface area (Å²) in [6, 6.07) is 80.6. The van der Waals surface area contributed by atoms with Gasteiger partial charge in [0.15, 0.2) is 0 Å². The molecule has 4 unspecified atom stereocenters. The Hall–Kier alpha value is -7.42. The Morgan fingerprint density at radius 2 is 0.776 bits per heavy atom. The van der Waals surface area contributed by atoms with Crippen molar-refractivity contribution >= 4 is 34.1 Å². The molecule has 0 heterocycles. The molecule has 0 saturated heterocycles. The molecule has 0 N–H and O–H groups in total. The molecule has 9 aromatic carbocycles. The Balaban J connectivity index is 0.974. The molecule has 2 bridgehead atoms. The molecule has 322 valence electrons. The van der Waals surface area contributed by atoms with Crippen LogP contribution in [-0.2, 0) is 10.8 Å². The van der Waals surface area contributed by atoms with E-state index in [0.29, 0.717) is 5.92 Å². The number of nitrogens with zero attached hydrogens (tertiary/aromatic N) is 2. The summed E-state index contributed by atoms with van der Waals surface area (Å²) in [4.78, 5) is 4.99. The van der Waals surface area contributed by atoms with Crippen molar-refractivity contribution < 1.29 is 0 Å². The predicted molar refractivity (Wildman–Crippen MR) is 278 cm³/mol. The van der Waals surface area contributed by atoms with Crippen LogP contribution < -0.4 is 9.80 Å². The van der Waals surface area contributed by atoms with Crippen LogP contribution in [0.5, 0.6) is 0 Å². The molecule has 4 atom stereocenters. The second-order valence-electron chi connectivity index (χ2n) is 20.4. The summed E-state index contributed by atoms with van der Waals surface area (Å²) in [5.74, 6) is 2.37. The maximum absolute atomic E-state index is 2.54. The molecule has 14 rings (SSSR count). The molecular weight excluding hydrogens is 809 g/mol. The first-order valence-corrected chi connectivity index (χ1v) is 24.5. The number of para-hydroxylation sites is 2. The molecule has 0 radical (unpaired) electrons. The number of anilines is 6. The second-order valence-corrected chi connectivity index (χ2v) is 20.4. The third-order valence-electron chi connectivity index (χ3n) is 16.7. The third-order valence-corrected chi connectivity index (χ3v) is 16.7. The van der Waals surface area contributed by atoms with Crippen molar-refractivity contribution in [3.63, 3.8) is 0 Å². The molecule has 9 aromatic rings. The van der Waals surface area contributed by atoms with E-state index in [1.807, 2.05) is 0 Å². The van der Waals surface area contributed by atoms with Crippen LogP contribution in [0.4, 0.5) is 34.1 Å². The first-order valence-electron chi connectivity index (χ1n) is 24.5. The zero-order valence-corrected chi connectivity index (χ0v) is 38.2. The lowest BCUT2D eigenvalue weighted by Crippen LogP contribution is -2.26. The molecule has 2 nitrogen and oxygen atoms in total. The summed E-state index contributed by atoms with van der Waals surface area (Å²) in [6.07, 6.45) is 5.53. The van der Waals surface area contributed by atoms with E-state index >= 15 is 0 Å². The molecule has 67 heavy (non-hydrogen) atoms.